The molecule has 144 valence electrons. The molecule has 0 radical (unpaired) electrons. The van der Waals surface area contributed by atoms with Gasteiger partial charge < -0.3 is 9.84 Å². The molecule has 0 fully saturated rings. The maximum absolute atomic E-state index is 13.9. The van der Waals surface area contributed by atoms with Crippen LogP contribution in [0.2, 0.25) is 0 Å². The van der Waals surface area contributed by atoms with Crippen LogP contribution in [0.3, 0.4) is 0 Å². The Bertz CT molecular complexity index is 941. The van der Waals surface area contributed by atoms with Crippen LogP contribution >= 0.6 is 0 Å². The van der Waals surface area contributed by atoms with Crippen LogP contribution in [0.15, 0.2) is 47.4 Å². The average molecular weight is 395 g/mol. The Kier molecular flexibility index (Phi) is 6.51. The van der Waals surface area contributed by atoms with Crippen molar-refractivity contribution in [3.8, 4) is 0 Å². The van der Waals surface area contributed by atoms with E-state index in [2.05, 4.69) is 4.72 Å². The number of nitrogens with one attached hydrogen (secondary N) is 1. The molecule has 0 aliphatic rings. The number of benzene rings is 2. The lowest BCUT2D eigenvalue weighted by Crippen LogP contribution is -2.16. The van der Waals surface area contributed by atoms with Gasteiger partial charge in [-0.05, 0) is 48.9 Å². The first-order chi connectivity index (χ1) is 12.7. The van der Waals surface area contributed by atoms with E-state index in [1.807, 2.05) is 6.92 Å². The number of rotatable bonds is 8. The number of carboxylic acids is 1. The highest BCUT2D eigenvalue weighted by atomic mass is 32.2. The SMILES string of the molecule is CCCCOC(=O)c1ccc(NS(=O)(=O)c2cc(C(=O)O)ccc2F)cc1. The molecule has 7 nitrogen and oxygen atoms in total. The largest absolute Gasteiger partial charge is 0.478 e. The molecule has 2 rings (SSSR count). The van der Waals surface area contributed by atoms with E-state index in [1.54, 1.807) is 0 Å². The molecule has 0 amide bonds. The number of carbonyl (C=O) groups is 2. The van der Waals surface area contributed by atoms with E-state index in [0.717, 1.165) is 31.0 Å². The average Bonchev–Trinajstić information content (AvgIpc) is 2.62. The van der Waals surface area contributed by atoms with Gasteiger partial charge in [0.15, 0.2) is 0 Å². The molecule has 2 aromatic carbocycles. The highest BCUT2D eigenvalue weighted by Crippen LogP contribution is 2.21. The third kappa shape index (κ3) is 5.27. The quantitative estimate of drug-likeness (QED) is 0.524. The summed E-state index contributed by atoms with van der Waals surface area (Å²) < 4.78 is 45.8. The summed E-state index contributed by atoms with van der Waals surface area (Å²) in [6.07, 6.45) is 1.62. The molecule has 0 unspecified atom stereocenters. The number of esters is 1. The number of carboxylic acid groups (broad SMARTS) is 1. The summed E-state index contributed by atoms with van der Waals surface area (Å²) >= 11 is 0. The van der Waals surface area contributed by atoms with Crippen molar-refractivity contribution in [2.45, 2.75) is 24.7 Å². The Labute approximate surface area is 155 Å². The first-order valence-electron chi connectivity index (χ1n) is 8.07. The van der Waals surface area contributed by atoms with Gasteiger partial charge >= 0.3 is 11.9 Å². The van der Waals surface area contributed by atoms with Crippen molar-refractivity contribution >= 4 is 27.6 Å². The van der Waals surface area contributed by atoms with Crippen molar-refractivity contribution in [2.24, 2.45) is 0 Å². The summed E-state index contributed by atoms with van der Waals surface area (Å²) in [7, 11) is -4.36. The monoisotopic (exact) mass is 395 g/mol. The summed E-state index contributed by atoms with van der Waals surface area (Å²) in [6.45, 7) is 2.26. The first kappa shape index (κ1) is 20.4. The van der Waals surface area contributed by atoms with Crippen LogP contribution in [0.25, 0.3) is 0 Å². The molecular formula is C18H18FNO6S. The van der Waals surface area contributed by atoms with Crippen LogP contribution < -0.4 is 4.72 Å². The van der Waals surface area contributed by atoms with Crippen LogP contribution in [0.5, 0.6) is 0 Å². The van der Waals surface area contributed by atoms with Gasteiger partial charge in [0.05, 0.1) is 17.7 Å². The van der Waals surface area contributed by atoms with Crippen LogP contribution in [-0.2, 0) is 14.8 Å². The Morgan fingerprint density at radius 2 is 1.74 bits per heavy atom. The van der Waals surface area contributed by atoms with Crippen molar-refractivity contribution in [3.63, 3.8) is 0 Å². The number of hydrogen-bond acceptors (Lipinski definition) is 5. The van der Waals surface area contributed by atoms with Gasteiger partial charge in [0.2, 0.25) is 0 Å². The topological polar surface area (TPSA) is 110 Å². The fraction of sp³-hybridized carbons (Fsp3) is 0.222. The molecule has 9 heteroatoms. The zero-order valence-electron chi connectivity index (χ0n) is 14.4. The predicted octanol–water partition coefficient (Wildman–Crippen LogP) is 3.28. The summed E-state index contributed by atoms with van der Waals surface area (Å²) in [5.41, 5.74) is -0.0321. The lowest BCUT2D eigenvalue weighted by atomic mass is 10.2. The van der Waals surface area contributed by atoms with E-state index in [-0.39, 0.29) is 16.8 Å². The van der Waals surface area contributed by atoms with Gasteiger partial charge in [-0.3, -0.25) is 4.72 Å². The minimum Gasteiger partial charge on any atom is -0.478 e. The number of anilines is 1. The van der Waals surface area contributed by atoms with Crippen LogP contribution in [-0.4, -0.2) is 32.1 Å². The third-order valence-corrected chi connectivity index (χ3v) is 4.97. The number of aromatic carboxylic acids is 1. The van der Waals surface area contributed by atoms with E-state index in [1.165, 1.54) is 24.3 Å². The Morgan fingerprint density at radius 3 is 2.33 bits per heavy atom. The molecule has 2 aromatic rings. The van der Waals surface area contributed by atoms with Crippen LogP contribution in [0.1, 0.15) is 40.5 Å². The fourth-order valence-electron chi connectivity index (χ4n) is 2.12. The molecule has 0 spiro atoms. The van der Waals surface area contributed by atoms with Gasteiger partial charge in [-0.25, -0.2) is 22.4 Å². The summed E-state index contributed by atoms with van der Waals surface area (Å²) in [5.74, 6) is -2.99. The van der Waals surface area contributed by atoms with Gasteiger partial charge in [-0.2, -0.15) is 0 Å². The number of ether oxygens (including phenoxy) is 1. The minimum atomic E-state index is -4.36. The highest BCUT2D eigenvalue weighted by Gasteiger charge is 2.21. The number of carbonyl (C=O) groups excluding carboxylic acids is 1. The molecule has 0 aliphatic heterocycles. The lowest BCUT2D eigenvalue weighted by Gasteiger charge is -2.10. The van der Waals surface area contributed by atoms with E-state index >= 15 is 0 Å². The standard InChI is InChI=1S/C18H18FNO6S/c1-2-3-10-26-18(23)12-4-7-14(8-5-12)20-27(24,25)16-11-13(17(21)22)6-9-15(16)19/h4-9,11,20H,2-3,10H2,1H3,(H,21,22). The first-order valence-corrected chi connectivity index (χ1v) is 9.55. The van der Waals surface area contributed by atoms with Crippen molar-refractivity contribution < 1.29 is 32.2 Å². The third-order valence-electron chi connectivity index (χ3n) is 3.57. The molecule has 0 aromatic heterocycles. The van der Waals surface area contributed by atoms with Crippen molar-refractivity contribution in [3.05, 3.63) is 59.4 Å². The summed E-state index contributed by atoms with van der Waals surface area (Å²) in [5, 5.41) is 8.93. The van der Waals surface area contributed by atoms with Gasteiger partial charge in [0, 0.05) is 5.69 Å². The normalized spacial score (nSPS) is 11.0. The molecular weight excluding hydrogens is 377 g/mol. The van der Waals surface area contributed by atoms with E-state index in [9.17, 15) is 22.4 Å². The number of hydrogen-bond donors (Lipinski definition) is 2. The maximum Gasteiger partial charge on any atom is 0.338 e. The van der Waals surface area contributed by atoms with E-state index < -0.39 is 32.7 Å². The molecule has 0 atom stereocenters. The summed E-state index contributed by atoms with van der Waals surface area (Å²) in [4.78, 5) is 22.0. The highest BCUT2D eigenvalue weighted by molar-refractivity contribution is 7.92. The second kappa shape index (κ2) is 8.63. The molecule has 0 aliphatic carbocycles. The number of halogens is 1. The zero-order chi connectivity index (χ0) is 20.0. The maximum atomic E-state index is 13.9. The van der Waals surface area contributed by atoms with Crippen molar-refractivity contribution in [2.75, 3.05) is 11.3 Å². The second-order valence-corrected chi connectivity index (χ2v) is 7.27. The Balaban J connectivity index is 2.18. The van der Waals surface area contributed by atoms with E-state index in [0.29, 0.717) is 6.61 Å². The zero-order valence-corrected chi connectivity index (χ0v) is 15.3. The van der Waals surface area contributed by atoms with Gasteiger partial charge in [0.1, 0.15) is 10.7 Å². The molecule has 27 heavy (non-hydrogen) atoms. The number of unbranched alkanes of at least 4 members (excludes halogenated alkanes) is 1. The number of sulfonamides is 1. The van der Waals surface area contributed by atoms with Crippen molar-refractivity contribution in [1.29, 1.82) is 0 Å². The van der Waals surface area contributed by atoms with E-state index in [4.69, 9.17) is 9.84 Å². The van der Waals surface area contributed by atoms with Gasteiger partial charge in [-0.15, -0.1) is 0 Å². The molecule has 0 saturated heterocycles. The van der Waals surface area contributed by atoms with Gasteiger partial charge in [-0.1, -0.05) is 13.3 Å². The molecule has 0 heterocycles. The van der Waals surface area contributed by atoms with Crippen LogP contribution in [0.4, 0.5) is 10.1 Å². The fourth-order valence-corrected chi connectivity index (χ4v) is 3.28. The summed E-state index contributed by atoms with van der Waals surface area (Å²) in [6, 6.07) is 7.87. The Hall–Kier alpha value is -2.94. The van der Waals surface area contributed by atoms with Crippen molar-refractivity contribution in [1.82, 2.24) is 0 Å². The minimum absolute atomic E-state index is 0.0836. The molecule has 0 bridgehead atoms. The molecule has 0 saturated carbocycles. The Morgan fingerprint density at radius 1 is 1.11 bits per heavy atom. The predicted molar refractivity (Wildman–Crippen MR) is 95.8 cm³/mol. The van der Waals surface area contributed by atoms with Gasteiger partial charge in [0.25, 0.3) is 10.0 Å². The smallest absolute Gasteiger partial charge is 0.338 e. The second-order valence-electron chi connectivity index (χ2n) is 5.62. The molecule has 2 N–H and O–H groups in total. The lowest BCUT2D eigenvalue weighted by molar-refractivity contribution is 0.0499. The van der Waals surface area contributed by atoms with Crippen LogP contribution in [0, 0.1) is 5.82 Å².